The fourth-order valence-electron chi connectivity index (χ4n) is 2.86. The molecule has 1 fully saturated rings. The van der Waals surface area contributed by atoms with Crippen LogP contribution in [0.5, 0.6) is 0 Å². The molecule has 0 radical (unpaired) electrons. The van der Waals surface area contributed by atoms with Crippen LogP contribution in [0.25, 0.3) is 0 Å². The predicted octanol–water partition coefficient (Wildman–Crippen LogP) is 1.32. The summed E-state index contributed by atoms with van der Waals surface area (Å²) in [5.41, 5.74) is 1.10. The molecule has 0 unspecified atom stereocenters. The van der Waals surface area contributed by atoms with Crippen molar-refractivity contribution in [2.45, 2.75) is 37.5 Å². The molecule has 1 heterocycles. The Bertz CT molecular complexity index is 648. The summed E-state index contributed by atoms with van der Waals surface area (Å²) in [5, 5.41) is 11.4. The van der Waals surface area contributed by atoms with Crippen molar-refractivity contribution in [1.82, 2.24) is 9.62 Å². The highest BCUT2D eigenvalue weighted by atomic mass is 32.2. The second kappa shape index (κ2) is 8.09. The van der Waals surface area contributed by atoms with Crippen LogP contribution in [-0.4, -0.2) is 50.0 Å². The standard InChI is InChI=1S/C17H26N2O4S/c1-13(2)14-3-5-16(6-4-14)24(22,23)19-10-7-15(8-11-19)17(21)18-9-12-20/h3-6,13,15,20H,7-12H2,1-2H3,(H,18,21). The van der Waals surface area contributed by atoms with Gasteiger partial charge in [-0.15, -0.1) is 0 Å². The van der Waals surface area contributed by atoms with Gasteiger partial charge in [0.15, 0.2) is 0 Å². The molecular formula is C17H26N2O4S. The van der Waals surface area contributed by atoms with E-state index in [2.05, 4.69) is 19.2 Å². The fourth-order valence-corrected chi connectivity index (χ4v) is 4.33. The second-order valence-corrected chi connectivity index (χ2v) is 8.35. The zero-order valence-electron chi connectivity index (χ0n) is 14.2. The van der Waals surface area contributed by atoms with E-state index in [0.717, 1.165) is 5.56 Å². The number of nitrogens with zero attached hydrogens (tertiary/aromatic N) is 1. The van der Waals surface area contributed by atoms with Gasteiger partial charge in [0, 0.05) is 25.6 Å². The molecule has 1 aromatic rings. The van der Waals surface area contributed by atoms with E-state index in [1.165, 1.54) is 4.31 Å². The van der Waals surface area contributed by atoms with Gasteiger partial charge in [-0.3, -0.25) is 4.79 Å². The Labute approximate surface area is 143 Å². The first-order chi connectivity index (χ1) is 11.4. The lowest BCUT2D eigenvalue weighted by Crippen LogP contribution is -2.43. The molecule has 1 aromatic carbocycles. The minimum Gasteiger partial charge on any atom is -0.395 e. The van der Waals surface area contributed by atoms with Gasteiger partial charge in [0.1, 0.15) is 0 Å². The first-order valence-corrected chi connectivity index (χ1v) is 9.79. The monoisotopic (exact) mass is 354 g/mol. The number of rotatable bonds is 6. The third kappa shape index (κ3) is 4.34. The first kappa shape index (κ1) is 18.9. The number of amides is 1. The normalized spacial score (nSPS) is 17.2. The molecular weight excluding hydrogens is 328 g/mol. The van der Waals surface area contributed by atoms with E-state index < -0.39 is 10.0 Å². The molecule has 1 aliphatic heterocycles. The molecule has 24 heavy (non-hydrogen) atoms. The third-order valence-electron chi connectivity index (χ3n) is 4.42. The number of hydrogen-bond donors (Lipinski definition) is 2. The molecule has 6 nitrogen and oxygen atoms in total. The molecule has 0 spiro atoms. The smallest absolute Gasteiger partial charge is 0.243 e. The van der Waals surface area contributed by atoms with Crippen LogP contribution in [0.1, 0.15) is 38.2 Å². The van der Waals surface area contributed by atoms with Gasteiger partial charge < -0.3 is 10.4 Å². The van der Waals surface area contributed by atoms with Crippen LogP contribution in [0.4, 0.5) is 0 Å². The van der Waals surface area contributed by atoms with Crippen molar-refractivity contribution in [3.63, 3.8) is 0 Å². The number of sulfonamides is 1. The average Bonchev–Trinajstić information content (AvgIpc) is 2.59. The van der Waals surface area contributed by atoms with Gasteiger partial charge in [-0.2, -0.15) is 4.31 Å². The van der Waals surface area contributed by atoms with E-state index in [1.807, 2.05) is 12.1 Å². The van der Waals surface area contributed by atoms with Crippen molar-refractivity contribution in [3.8, 4) is 0 Å². The molecule has 2 N–H and O–H groups in total. The molecule has 1 aliphatic rings. The quantitative estimate of drug-likeness (QED) is 0.807. The summed E-state index contributed by atoms with van der Waals surface area (Å²) >= 11 is 0. The summed E-state index contributed by atoms with van der Waals surface area (Å²) in [5.74, 6) is 0.0589. The van der Waals surface area contributed by atoms with Gasteiger partial charge in [0.05, 0.1) is 11.5 Å². The van der Waals surface area contributed by atoms with Gasteiger partial charge >= 0.3 is 0 Å². The van der Waals surface area contributed by atoms with E-state index in [1.54, 1.807) is 12.1 Å². The highest BCUT2D eigenvalue weighted by Crippen LogP contribution is 2.25. The summed E-state index contributed by atoms with van der Waals surface area (Å²) in [4.78, 5) is 12.2. The van der Waals surface area contributed by atoms with Crippen LogP contribution in [0, 0.1) is 5.92 Å². The van der Waals surface area contributed by atoms with Crippen LogP contribution in [-0.2, 0) is 14.8 Å². The molecule has 0 bridgehead atoms. The molecule has 1 amide bonds. The largest absolute Gasteiger partial charge is 0.395 e. The van der Waals surface area contributed by atoms with Crippen molar-refractivity contribution in [2.75, 3.05) is 26.2 Å². The second-order valence-electron chi connectivity index (χ2n) is 6.42. The van der Waals surface area contributed by atoms with Crippen molar-refractivity contribution >= 4 is 15.9 Å². The van der Waals surface area contributed by atoms with Gasteiger partial charge in [-0.1, -0.05) is 26.0 Å². The Kier molecular flexibility index (Phi) is 6.37. The first-order valence-electron chi connectivity index (χ1n) is 8.35. The number of aliphatic hydroxyl groups excluding tert-OH is 1. The zero-order chi connectivity index (χ0) is 17.7. The van der Waals surface area contributed by atoms with Gasteiger partial charge in [0.2, 0.25) is 15.9 Å². The van der Waals surface area contributed by atoms with Crippen molar-refractivity contribution in [3.05, 3.63) is 29.8 Å². The minimum absolute atomic E-state index is 0.0919. The fraction of sp³-hybridized carbons (Fsp3) is 0.588. The molecule has 134 valence electrons. The maximum absolute atomic E-state index is 12.7. The maximum Gasteiger partial charge on any atom is 0.243 e. The summed E-state index contributed by atoms with van der Waals surface area (Å²) in [6.07, 6.45) is 1.00. The number of carbonyl (C=O) groups excluding carboxylic acids is 1. The van der Waals surface area contributed by atoms with Crippen LogP contribution in [0.2, 0.25) is 0 Å². The molecule has 0 saturated carbocycles. The highest BCUT2D eigenvalue weighted by molar-refractivity contribution is 7.89. The zero-order valence-corrected chi connectivity index (χ0v) is 15.1. The molecule has 0 aromatic heterocycles. The van der Waals surface area contributed by atoms with Crippen LogP contribution in [0.15, 0.2) is 29.2 Å². The topological polar surface area (TPSA) is 86.7 Å². The van der Waals surface area contributed by atoms with Crippen molar-refractivity contribution in [2.24, 2.45) is 5.92 Å². The lowest BCUT2D eigenvalue weighted by atomic mass is 9.97. The highest BCUT2D eigenvalue weighted by Gasteiger charge is 2.31. The number of aliphatic hydroxyl groups is 1. The van der Waals surface area contributed by atoms with Crippen LogP contribution >= 0.6 is 0 Å². The Morgan fingerprint density at radius 1 is 1.25 bits per heavy atom. The van der Waals surface area contributed by atoms with Gasteiger partial charge in [-0.25, -0.2) is 8.42 Å². The van der Waals surface area contributed by atoms with E-state index in [9.17, 15) is 13.2 Å². The predicted molar refractivity (Wildman–Crippen MR) is 92.1 cm³/mol. The molecule has 1 saturated heterocycles. The van der Waals surface area contributed by atoms with E-state index in [-0.39, 0.29) is 25.0 Å². The molecule has 0 aliphatic carbocycles. The maximum atomic E-state index is 12.7. The van der Waals surface area contributed by atoms with E-state index in [4.69, 9.17) is 5.11 Å². The Balaban J connectivity index is 2.00. The summed E-state index contributed by atoms with van der Waals surface area (Å²) in [6, 6.07) is 7.02. The molecule has 2 rings (SSSR count). The summed E-state index contributed by atoms with van der Waals surface area (Å²) in [6.45, 7) is 4.95. The number of hydrogen-bond acceptors (Lipinski definition) is 4. The number of carbonyl (C=O) groups is 1. The lowest BCUT2D eigenvalue weighted by molar-refractivity contribution is -0.126. The van der Waals surface area contributed by atoms with Crippen molar-refractivity contribution in [1.29, 1.82) is 0 Å². The Hall–Kier alpha value is -1.44. The van der Waals surface area contributed by atoms with Gasteiger partial charge in [0.25, 0.3) is 0 Å². The lowest BCUT2D eigenvalue weighted by Gasteiger charge is -2.30. The van der Waals surface area contributed by atoms with E-state index in [0.29, 0.717) is 36.7 Å². The van der Waals surface area contributed by atoms with Crippen LogP contribution < -0.4 is 5.32 Å². The number of piperidine rings is 1. The number of benzene rings is 1. The van der Waals surface area contributed by atoms with Crippen LogP contribution in [0.3, 0.4) is 0 Å². The minimum atomic E-state index is -3.51. The number of nitrogens with one attached hydrogen (secondary N) is 1. The average molecular weight is 354 g/mol. The van der Waals surface area contributed by atoms with Gasteiger partial charge in [-0.05, 0) is 36.5 Å². The SMILES string of the molecule is CC(C)c1ccc(S(=O)(=O)N2CCC(C(=O)NCCO)CC2)cc1. The Morgan fingerprint density at radius 3 is 2.33 bits per heavy atom. The summed E-state index contributed by atoms with van der Waals surface area (Å²) in [7, 11) is -3.51. The molecule has 0 atom stereocenters. The molecule has 7 heteroatoms. The summed E-state index contributed by atoms with van der Waals surface area (Å²) < 4.78 is 26.9. The van der Waals surface area contributed by atoms with Crippen molar-refractivity contribution < 1.29 is 18.3 Å². The van der Waals surface area contributed by atoms with E-state index >= 15 is 0 Å². The third-order valence-corrected chi connectivity index (χ3v) is 6.33. The Morgan fingerprint density at radius 2 is 1.83 bits per heavy atom.